The molecule has 1 N–H and O–H groups in total. The summed E-state index contributed by atoms with van der Waals surface area (Å²) >= 11 is 6.01. The van der Waals surface area contributed by atoms with Crippen molar-refractivity contribution in [3.63, 3.8) is 0 Å². The Morgan fingerprint density at radius 3 is 1.94 bits per heavy atom. The van der Waals surface area contributed by atoms with Crippen LogP contribution in [0.3, 0.4) is 0 Å². The zero-order valence-corrected chi connectivity index (χ0v) is 23.0. The molecular weight excluding hydrogens is 492 g/mol. The SMILES string of the molecule is CO[C@H]1O[C@H](CO[Si](c2ccccc2)(c2ccccc2)C(C)(C)C)[C@@H](OCc2ccc(Cl)cc2)[C@H]1O. The van der Waals surface area contributed by atoms with Crippen LogP contribution in [-0.4, -0.2) is 51.7 Å². The van der Waals surface area contributed by atoms with Gasteiger partial charge in [0.05, 0.1) is 13.2 Å². The number of rotatable bonds is 9. The van der Waals surface area contributed by atoms with Gasteiger partial charge >= 0.3 is 0 Å². The molecule has 5 nitrogen and oxygen atoms in total. The van der Waals surface area contributed by atoms with Gasteiger partial charge < -0.3 is 23.7 Å². The molecule has 0 spiro atoms. The van der Waals surface area contributed by atoms with Crippen LogP contribution in [0.2, 0.25) is 10.1 Å². The van der Waals surface area contributed by atoms with Crippen molar-refractivity contribution in [2.45, 2.75) is 57.0 Å². The lowest BCUT2D eigenvalue weighted by Crippen LogP contribution is -2.67. The third-order valence-electron chi connectivity index (χ3n) is 6.76. The first-order chi connectivity index (χ1) is 17.3. The van der Waals surface area contributed by atoms with Crippen LogP contribution in [0.15, 0.2) is 84.9 Å². The molecule has 0 unspecified atom stereocenters. The smallest absolute Gasteiger partial charge is 0.261 e. The maximum absolute atomic E-state index is 10.9. The summed E-state index contributed by atoms with van der Waals surface area (Å²) in [4.78, 5) is 0. The van der Waals surface area contributed by atoms with Crippen LogP contribution in [0.25, 0.3) is 0 Å². The predicted octanol–water partition coefficient (Wildman–Crippen LogP) is 4.53. The molecular formula is C29H35ClO5Si. The Morgan fingerprint density at radius 1 is 0.889 bits per heavy atom. The Morgan fingerprint density at radius 2 is 1.44 bits per heavy atom. The summed E-state index contributed by atoms with van der Waals surface area (Å²) in [5, 5.41) is 13.8. The van der Waals surface area contributed by atoms with Gasteiger partial charge in [-0.05, 0) is 33.1 Å². The van der Waals surface area contributed by atoms with Crippen molar-refractivity contribution in [1.29, 1.82) is 0 Å². The van der Waals surface area contributed by atoms with Crippen molar-refractivity contribution in [2.75, 3.05) is 13.7 Å². The first kappa shape index (κ1) is 27.0. The number of ether oxygens (including phenoxy) is 3. The van der Waals surface area contributed by atoms with Crippen LogP contribution >= 0.6 is 11.6 Å². The molecule has 0 aromatic heterocycles. The van der Waals surface area contributed by atoms with Crippen molar-refractivity contribution in [1.82, 2.24) is 0 Å². The molecule has 1 fully saturated rings. The molecule has 3 aromatic carbocycles. The minimum Gasteiger partial charge on any atom is -0.405 e. The summed E-state index contributed by atoms with van der Waals surface area (Å²) in [7, 11) is -1.24. The van der Waals surface area contributed by atoms with Crippen molar-refractivity contribution >= 4 is 30.3 Å². The summed E-state index contributed by atoms with van der Waals surface area (Å²) in [6.45, 7) is 7.27. The molecule has 4 rings (SSSR count). The van der Waals surface area contributed by atoms with Gasteiger partial charge in [-0.2, -0.15) is 0 Å². The summed E-state index contributed by atoms with van der Waals surface area (Å²) in [6.07, 6.45) is -2.83. The van der Waals surface area contributed by atoms with Crippen LogP contribution < -0.4 is 10.4 Å². The molecule has 36 heavy (non-hydrogen) atoms. The largest absolute Gasteiger partial charge is 0.405 e. The van der Waals surface area contributed by atoms with E-state index in [1.54, 1.807) is 0 Å². The Hall–Kier alpha value is -2.03. The fourth-order valence-electron chi connectivity index (χ4n) is 4.98. The minimum atomic E-state index is -2.77. The van der Waals surface area contributed by atoms with E-state index in [2.05, 4.69) is 69.3 Å². The topological polar surface area (TPSA) is 57.2 Å². The average Bonchev–Trinajstić information content (AvgIpc) is 3.19. The normalized spacial score (nSPS) is 22.6. The molecule has 0 aliphatic carbocycles. The van der Waals surface area contributed by atoms with Gasteiger partial charge in [0.15, 0.2) is 6.29 Å². The van der Waals surface area contributed by atoms with E-state index in [0.717, 1.165) is 5.56 Å². The van der Waals surface area contributed by atoms with Gasteiger partial charge in [-0.25, -0.2) is 0 Å². The number of hydrogen-bond donors (Lipinski definition) is 1. The minimum absolute atomic E-state index is 0.173. The molecule has 0 bridgehead atoms. The first-order valence-electron chi connectivity index (χ1n) is 12.2. The second-order valence-electron chi connectivity index (χ2n) is 10.1. The second kappa shape index (κ2) is 11.6. The summed E-state index contributed by atoms with van der Waals surface area (Å²) in [5.41, 5.74) is 0.958. The lowest BCUT2D eigenvalue weighted by Gasteiger charge is -2.43. The first-order valence-corrected chi connectivity index (χ1v) is 14.5. The maximum Gasteiger partial charge on any atom is 0.261 e. The number of benzene rings is 3. The van der Waals surface area contributed by atoms with E-state index >= 15 is 0 Å². The van der Waals surface area contributed by atoms with Crippen LogP contribution in [0.4, 0.5) is 0 Å². The van der Waals surface area contributed by atoms with Crippen LogP contribution in [-0.2, 0) is 25.2 Å². The fraction of sp³-hybridized carbons (Fsp3) is 0.379. The average molecular weight is 527 g/mol. The molecule has 4 atom stereocenters. The Balaban J connectivity index is 1.62. The van der Waals surface area contributed by atoms with Gasteiger partial charge in [0, 0.05) is 12.1 Å². The van der Waals surface area contributed by atoms with Crippen molar-refractivity contribution < 1.29 is 23.7 Å². The Bertz CT molecular complexity index is 1050. The standard InChI is InChI=1S/C29H35ClO5Si/c1-29(2,3)36(23-11-7-5-8-12-23,24-13-9-6-10-14-24)34-20-25-27(26(31)28(32-4)35-25)33-19-21-15-17-22(30)18-16-21/h5-18,25-28,31H,19-20H2,1-4H3/t25-,26-,27-,28+/m1/s1. The van der Waals surface area contributed by atoms with E-state index in [-0.39, 0.29) is 11.6 Å². The predicted molar refractivity (Wildman–Crippen MR) is 145 cm³/mol. The van der Waals surface area contributed by atoms with Crippen molar-refractivity contribution in [3.8, 4) is 0 Å². The highest BCUT2D eigenvalue weighted by Crippen LogP contribution is 2.37. The van der Waals surface area contributed by atoms with E-state index in [4.69, 9.17) is 30.2 Å². The maximum atomic E-state index is 10.9. The van der Waals surface area contributed by atoms with E-state index in [0.29, 0.717) is 11.6 Å². The van der Waals surface area contributed by atoms with Crippen LogP contribution in [0.1, 0.15) is 26.3 Å². The summed E-state index contributed by atoms with van der Waals surface area (Å²) in [6, 6.07) is 28.4. The number of methoxy groups -OCH3 is 1. The highest BCUT2D eigenvalue weighted by atomic mass is 35.5. The molecule has 0 amide bonds. The number of halogens is 1. The Labute approximate surface area is 220 Å². The van der Waals surface area contributed by atoms with Crippen molar-refractivity contribution in [2.24, 2.45) is 0 Å². The van der Waals surface area contributed by atoms with Gasteiger partial charge in [0.2, 0.25) is 0 Å². The lowest BCUT2D eigenvalue weighted by molar-refractivity contribution is -0.152. The zero-order chi connectivity index (χ0) is 25.8. The van der Waals surface area contributed by atoms with E-state index in [1.165, 1.54) is 17.5 Å². The monoisotopic (exact) mass is 526 g/mol. The van der Waals surface area contributed by atoms with Gasteiger partial charge in [-0.3, -0.25) is 0 Å². The van der Waals surface area contributed by atoms with E-state index < -0.39 is 32.9 Å². The quantitative estimate of drug-likeness (QED) is 0.415. The lowest BCUT2D eigenvalue weighted by atomic mass is 10.1. The Kier molecular flexibility index (Phi) is 8.68. The summed E-state index contributed by atoms with van der Waals surface area (Å²) in [5.74, 6) is 0. The van der Waals surface area contributed by atoms with Gasteiger partial charge in [0.25, 0.3) is 8.32 Å². The van der Waals surface area contributed by atoms with E-state index in [9.17, 15) is 5.11 Å². The highest BCUT2D eigenvalue weighted by Gasteiger charge is 2.52. The number of aliphatic hydroxyl groups is 1. The molecule has 192 valence electrons. The molecule has 7 heteroatoms. The van der Waals surface area contributed by atoms with E-state index in [1.807, 2.05) is 36.4 Å². The zero-order valence-electron chi connectivity index (χ0n) is 21.3. The van der Waals surface area contributed by atoms with Crippen molar-refractivity contribution in [3.05, 3.63) is 95.5 Å². The van der Waals surface area contributed by atoms with Gasteiger partial charge in [-0.1, -0.05) is 105 Å². The second-order valence-corrected chi connectivity index (χ2v) is 14.9. The molecule has 3 aromatic rings. The number of hydrogen-bond acceptors (Lipinski definition) is 5. The van der Waals surface area contributed by atoms with Crippen LogP contribution in [0.5, 0.6) is 0 Å². The third-order valence-corrected chi connectivity index (χ3v) is 12.0. The fourth-order valence-corrected chi connectivity index (χ4v) is 9.68. The molecule has 1 saturated heterocycles. The van der Waals surface area contributed by atoms with Gasteiger partial charge in [0.1, 0.15) is 18.3 Å². The summed E-state index contributed by atoms with van der Waals surface area (Å²) < 4.78 is 24.7. The molecule has 1 aliphatic rings. The third kappa shape index (κ3) is 5.60. The van der Waals surface area contributed by atoms with Crippen LogP contribution in [0, 0.1) is 0 Å². The molecule has 1 aliphatic heterocycles. The molecule has 0 radical (unpaired) electrons. The number of aliphatic hydroxyl groups excluding tert-OH is 1. The molecule has 0 saturated carbocycles. The highest BCUT2D eigenvalue weighted by molar-refractivity contribution is 6.99. The molecule has 1 heterocycles. The van der Waals surface area contributed by atoms with Gasteiger partial charge in [-0.15, -0.1) is 0 Å².